The summed E-state index contributed by atoms with van der Waals surface area (Å²) in [6, 6.07) is 14.2. The topological polar surface area (TPSA) is 89.1 Å². The van der Waals surface area contributed by atoms with Crippen molar-refractivity contribution in [3.05, 3.63) is 72.1 Å². The van der Waals surface area contributed by atoms with Gasteiger partial charge in [-0.1, -0.05) is 35.9 Å². The average molecular weight is 380 g/mol. The predicted molar refractivity (Wildman–Crippen MR) is 107 cm³/mol. The molecule has 2 aromatic heterocycles. The maximum absolute atomic E-state index is 11.5. The first-order valence-corrected chi connectivity index (χ1v) is 8.60. The molecule has 1 aromatic carbocycles. The van der Waals surface area contributed by atoms with Gasteiger partial charge in [0, 0.05) is 23.9 Å². The lowest BCUT2D eigenvalue weighted by molar-refractivity contribution is -0.191. The highest BCUT2D eigenvalue weighted by molar-refractivity contribution is 5.88. The molecule has 0 aliphatic rings. The molecule has 2 heterocycles. The molecule has 0 saturated carbocycles. The van der Waals surface area contributed by atoms with Gasteiger partial charge >= 0.3 is 12.1 Å². The van der Waals surface area contributed by atoms with E-state index in [1.807, 2.05) is 57.3 Å². The molecule has 6 nitrogen and oxygen atoms in total. The molecule has 0 saturated heterocycles. The van der Waals surface area contributed by atoms with E-state index in [2.05, 4.69) is 29.0 Å². The fourth-order valence-corrected chi connectivity index (χ4v) is 2.08. The smallest absolute Gasteiger partial charge is 0.373 e. The van der Waals surface area contributed by atoms with E-state index < -0.39 is 5.60 Å². The van der Waals surface area contributed by atoms with E-state index in [-0.39, 0.29) is 12.1 Å². The Kier molecular flexibility index (Phi) is 9.07. The monoisotopic (exact) mass is 380 g/mol. The van der Waals surface area contributed by atoms with Crippen molar-refractivity contribution in [2.75, 3.05) is 0 Å². The number of fused-ring (bicyclic) bond motifs is 1. The number of ether oxygens (including phenoxy) is 1. The van der Waals surface area contributed by atoms with Gasteiger partial charge in [0.15, 0.2) is 0 Å². The van der Waals surface area contributed by atoms with Crippen LogP contribution in [0.1, 0.15) is 31.9 Å². The quantitative estimate of drug-likeness (QED) is 0.528. The molecule has 1 N–H and O–H groups in total. The van der Waals surface area contributed by atoms with E-state index in [0.717, 1.165) is 16.6 Å². The van der Waals surface area contributed by atoms with Crippen LogP contribution in [0.4, 0.5) is 0 Å². The summed E-state index contributed by atoms with van der Waals surface area (Å²) in [6.45, 7) is 7.60. The van der Waals surface area contributed by atoms with Gasteiger partial charge in [-0.05, 0) is 51.5 Å². The van der Waals surface area contributed by atoms with Crippen LogP contribution >= 0.6 is 0 Å². The lowest BCUT2D eigenvalue weighted by atomic mass is 10.2. The van der Waals surface area contributed by atoms with Crippen LogP contribution in [0.5, 0.6) is 0 Å². The second-order valence-corrected chi connectivity index (χ2v) is 6.79. The maximum atomic E-state index is 11.5. The van der Waals surface area contributed by atoms with Crippen LogP contribution in [-0.4, -0.2) is 27.7 Å². The van der Waals surface area contributed by atoms with Crippen LogP contribution < -0.4 is 0 Å². The van der Waals surface area contributed by atoms with Crippen LogP contribution in [0.25, 0.3) is 17.1 Å². The predicted octanol–water partition coefficient (Wildman–Crippen LogP) is 4.33. The number of aromatic nitrogens is 2. The van der Waals surface area contributed by atoms with Gasteiger partial charge in [0.2, 0.25) is 0 Å². The SMILES string of the molecule is CC(C)(C)OC(=O)/C=C/c1cnc2[nH]ccc2c1.Cc1ccccc1.O=C=O. The third-order valence-electron chi connectivity index (χ3n) is 3.18. The summed E-state index contributed by atoms with van der Waals surface area (Å²) in [7, 11) is 0. The Hall–Kier alpha value is -3.50. The Labute approximate surface area is 164 Å². The van der Waals surface area contributed by atoms with Gasteiger partial charge in [-0.15, -0.1) is 0 Å². The second kappa shape index (κ2) is 11.3. The summed E-state index contributed by atoms with van der Waals surface area (Å²) in [6.07, 6.45) is 6.91. The molecule has 28 heavy (non-hydrogen) atoms. The van der Waals surface area contributed by atoms with Crippen molar-refractivity contribution in [3.63, 3.8) is 0 Å². The number of H-pyrrole nitrogens is 1. The number of pyridine rings is 1. The van der Waals surface area contributed by atoms with Gasteiger partial charge in [0.25, 0.3) is 0 Å². The summed E-state index contributed by atoms with van der Waals surface area (Å²) >= 11 is 0. The Morgan fingerprint density at radius 1 is 1.14 bits per heavy atom. The minimum absolute atomic E-state index is 0.250. The molecule has 3 rings (SSSR count). The molecular weight excluding hydrogens is 356 g/mol. The van der Waals surface area contributed by atoms with Crippen LogP contribution in [0.3, 0.4) is 0 Å². The molecule has 0 radical (unpaired) electrons. The minimum Gasteiger partial charge on any atom is -0.457 e. The van der Waals surface area contributed by atoms with Crippen molar-refractivity contribution < 1.29 is 19.1 Å². The van der Waals surface area contributed by atoms with Crippen molar-refractivity contribution in [2.45, 2.75) is 33.3 Å². The zero-order chi connectivity index (χ0) is 21.0. The Morgan fingerprint density at radius 3 is 2.32 bits per heavy atom. The van der Waals surface area contributed by atoms with Gasteiger partial charge < -0.3 is 9.72 Å². The number of aryl methyl sites for hydroxylation is 1. The third-order valence-corrected chi connectivity index (χ3v) is 3.18. The highest BCUT2D eigenvalue weighted by atomic mass is 16.6. The molecule has 0 aliphatic carbocycles. The highest BCUT2D eigenvalue weighted by Crippen LogP contribution is 2.13. The van der Waals surface area contributed by atoms with Crippen LogP contribution in [0.15, 0.2) is 60.9 Å². The molecule has 3 aromatic rings. The second-order valence-electron chi connectivity index (χ2n) is 6.79. The largest absolute Gasteiger partial charge is 0.457 e. The molecule has 0 amide bonds. The number of nitrogens with one attached hydrogen (secondary N) is 1. The molecule has 6 heteroatoms. The number of carbonyl (C=O) groups excluding carboxylic acids is 3. The summed E-state index contributed by atoms with van der Waals surface area (Å²) in [5.74, 6) is -0.350. The van der Waals surface area contributed by atoms with Crippen LogP contribution in [0.2, 0.25) is 0 Å². The minimum atomic E-state index is -0.468. The number of rotatable bonds is 2. The van der Waals surface area contributed by atoms with Crippen molar-refractivity contribution in [1.29, 1.82) is 0 Å². The van der Waals surface area contributed by atoms with E-state index in [1.165, 1.54) is 11.6 Å². The van der Waals surface area contributed by atoms with Crippen molar-refractivity contribution in [1.82, 2.24) is 9.97 Å². The third kappa shape index (κ3) is 9.27. The first-order valence-electron chi connectivity index (χ1n) is 8.60. The van der Waals surface area contributed by atoms with Gasteiger partial charge in [-0.2, -0.15) is 9.59 Å². The number of carbonyl (C=O) groups is 1. The lowest BCUT2D eigenvalue weighted by Crippen LogP contribution is -2.22. The number of aromatic amines is 1. The van der Waals surface area contributed by atoms with Crippen LogP contribution in [-0.2, 0) is 19.1 Å². The van der Waals surface area contributed by atoms with Crippen molar-refractivity contribution in [2.24, 2.45) is 0 Å². The Balaban J connectivity index is 0.000000324. The number of hydrogen-bond donors (Lipinski definition) is 1. The zero-order valence-electron chi connectivity index (χ0n) is 16.4. The normalized spacial score (nSPS) is 10.3. The summed E-state index contributed by atoms with van der Waals surface area (Å²) in [4.78, 5) is 35.0. The summed E-state index contributed by atoms with van der Waals surface area (Å²) < 4.78 is 5.18. The lowest BCUT2D eigenvalue weighted by Gasteiger charge is -2.17. The highest BCUT2D eigenvalue weighted by Gasteiger charge is 2.13. The molecule has 0 unspecified atom stereocenters. The molecule has 146 valence electrons. The van der Waals surface area contributed by atoms with E-state index >= 15 is 0 Å². The number of benzene rings is 1. The van der Waals surface area contributed by atoms with E-state index in [0.29, 0.717) is 0 Å². The van der Waals surface area contributed by atoms with Crippen molar-refractivity contribution >= 4 is 29.2 Å². The molecular formula is C22H24N2O4. The Bertz CT molecular complexity index is 932. The van der Waals surface area contributed by atoms with E-state index in [4.69, 9.17) is 14.3 Å². The maximum Gasteiger partial charge on any atom is 0.373 e. The number of nitrogens with zero attached hydrogens (tertiary/aromatic N) is 1. The molecule has 0 fully saturated rings. The van der Waals surface area contributed by atoms with Crippen LogP contribution in [0, 0.1) is 6.92 Å². The standard InChI is InChI=1S/C14H16N2O2.C7H8.CO2/c1-14(2,3)18-12(17)5-4-10-8-11-6-7-15-13(11)16-9-10;1-7-5-3-2-4-6-7;2-1-3/h4-9H,1-3H3,(H,15,16);2-6H,1H3;/b5-4+;;. The van der Waals surface area contributed by atoms with E-state index in [9.17, 15) is 4.79 Å². The molecule has 0 aliphatic heterocycles. The fraction of sp³-hybridized carbons (Fsp3) is 0.227. The number of esters is 1. The fourth-order valence-electron chi connectivity index (χ4n) is 2.08. The summed E-state index contributed by atoms with van der Waals surface area (Å²) in [5, 5.41) is 1.02. The van der Waals surface area contributed by atoms with Gasteiger partial charge in [-0.25, -0.2) is 9.78 Å². The van der Waals surface area contributed by atoms with Gasteiger partial charge in [0.1, 0.15) is 11.2 Å². The van der Waals surface area contributed by atoms with Crippen molar-refractivity contribution in [3.8, 4) is 0 Å². The average Bonchev–Trinajstić information content (AvgIpc) is 3.08. The first-order chi connectivity index (χ1) is 13.2. The molecule has 0 bridgehead atoms. The summed E-state index contributed by atoms with van der Waals surface area (Å²) in [5.41, 5.74) is 2.56. The van der Waals surface area contributed by atoms with E-state index in [1.54, 1.807) is 12.3 Å². The first kappa shape index (κ1) is 22.5. The Morgan fingerprint density at radius 2 is 1.79 bits per heavy atom. The molecule has 0 atom stereocenters. The molecule has 0 spiro atoms. The van der Waals surface area contributed by atoms with Gasteiger partial charge in [-0.3, -0.25) is 0 Å². The van der Waals surface area contributed by atoms with Gasteiger partial charge in [0.05, 0.1) is 0 Å². The number of hydrogen-bond acceptors (Lipinski definition) is 5. The zero-order valence-corrected chi connectivity index (χ0v) is 16.4.